The molecule has 0 saturated heterocycles. The Morgan fingerprint density at radius 1 is 0.365 bits per heavy atom. The van der Waals surface area contributed by atoms with Gasteiger partial charge in [-0.2, -0.15) is 0 Å². The fraction of sp³-hybridized carbons (Fsp3) is 0.912. The number of carbonyl (C=O) groups is 2. The first-order valence-corrected chi connectivity index (χ1v) is 33.6. The zero-order valence-electron chi connectivity index (χ0n) is 50.1. The molecule has 2 unspecified atom stereocenters. The molecule has 0 saturated carbocycles. The van der Waals surface area contributed by atoms with Gasteiger partial charge in [0, 0.05) is 12.8 Å². The first-order chi connectivity index (χ1) is 36.5. The lowest BCUT2D eigenvalue weighted by atomic mass is 10.0. The van der Waals surface area contributed by atoms with E-state index in [4.69, 9.17) is 4.74 Å². The highest BCUT2D eigenvalue weighted by molar-refractivity contribution is 5.76. The third-order valence-electron chi connectivity index (χ3n) is 15.7. The van der Waals surface area contributed by atoms with E-state index in [-0.39, 0.29) is 18.5 Å². The van der Waals surface area contributed by atoms with Gasteiger partial charge < -0.3 is 20.3 Å². The number of unbranched alkanes of at least 4 members (excludes halogenated alkanes) is 50. The summed E-state index contributed by atoms with van der Waals surface area (Å²) >= 11 is 0. The molecule has 0 aromatic rings. The molecule has 2 atom stereocenters. The first kappa shape index (κ1) is 72.3. The number of nitrogens with one attached hydrogen (secondary N) is 1. The number of hydrogen-bond donors (Lipinski definition) is 3. The minimum atomic E-state index is -0.848. The van der Waals surface area contributed by atoms with Gasteiger partial charge in [0.25, 0.3) is 0 Å². The van der Waals surface area contributed by atoms with Crippen LogP contribution in [0.4, 0.5) is 0 Å². The first-order valence-electron chi connectivity index (χ1n) is 33.6. The van der Waals surface area contributed by atoms with Crippen LogP contribution < -0.4 is 5.32 Å². The van der Waals surface area contributed by atoms with Gasteiger partial charge in [0.05, 0.1) is 25.4 Å². The lowest BCUT2D eigenvalue weighted by Crippen LogP contribution is -2.45. The van der Waals surface area contributed by atoms with Gasteiger partial charge in [0.1, 0.15) is 0 Å². The highest BCUT2D eigenvalue weighted by atomic mass is 16.5. The van der Waals surface area contributed by atoms with Crippen molar-refractivity contribution in [3.8, 4) is 0 Å². The molecular formula is C68H131NO5. The van der Waals surface area contributed by atoms with Crippen LogP contribution in [0.1, 0.15) is 373 Å². The number of carbonyl (C=O) groups excluding carboxylic acids is 2. The number of ether oxygens (including phenoxy) is 1. The van der Waals surface area contributed by atoms with E-state index in [0.29, 0.717) is 19.4 Å². The maximum Gasteiger partial charge on any atom is 0.305 e. The Kier molecular flexibility index (Phi) is 62.4. The molecule has 0 aromatic carbocycles. The van der Waals surface area contributed by atoms with E-state index in [1.54, 1.807) is 6.08 Å². The van der Waals surface area contributed by atoms with E-state index in [1.807, 2.05) is 6.08 Å². The SMILES string of the molecule is CCCCCCCCC/C=C\CCCCCCCCCC(=O)OCCCCCCCCCCCCCCCCCCCCC(=O)NC(CO)C(O)/C=C/CCCCCCCCCCCCCCCCCCCCC. The van der Waals surface area contributed by atoms with Crippen molar-refractivity contribution < 1.29 is 24.5 Å². The number of esters is 1. The predicted molar refractivity (Wildman–Crippen MR) is 324 cm³/mol. The Bertz CT molecular complexity index is 1150. The molecule has 0 aliphatic rings. The summed E-state index contributed by atoms with van der Waals surface area (Å²) in [6.45, 7) is 4.93. The van der Waals surface area contributed by atoms with Crippen LogP contribution in [0.5, 0.6) is 0 Å². The summed E-state index contributed by atoms with van der Waals surface area (Å²) in [6.07, 6.45) is 79.4. The van der Waals surface area contributed by atoms with Crippen molar-refractivity contribution in [2.24, 2.45) is 0 Å². The lowest BCUT2D eigenvalue weighted by molar-refractivity contribution is -0.143. The van der Waals surface area contributed by atoms with Gasteiger partial charge >= 0.3 is 5.97 Å². The summed E-state index contributed by atoms with van der Waals surface area (Å²) in [5, 5.41) is 23.2. The summed E-state index contributed by atoms with van der Waals surface area (Å²) in [5.41, 5.74) is 0. The Hall–Kier alpha value is -1.66. The topological polar surface area (TPSA) is 95.9 Å². The Morgan fingerprint density at radius 3 is 0.959 bits per heavy atom. The molecular weight excluding hydrogens is 911 g/mol. The molecule has 0 bridgehead atoms. The summed E-state index contributed by atoms with van der Waals surface area (Å²) in [6, 6.07) is -0.632. The van der Waals surface area contributed by atoms with Gasteiger partial charge in [-0.05, 0) is 57.8 Å². The zero-order chi connectivity index (χ0) is 53.6. The number of aliphatic hydroxyl groups is 2. The number of allylic oxidation sites excluding steroid dienone is 3. The average molecular weight is 1040 g/mol. The molecule has 0 aliphatic carbocycles. The molecule has 6 heteroatoms. The maximum absolute atomic E-state index is 12.5. The molecule has 0 radical (unpaired) electrons. The second-order valence-corrected chi connectivity index (χ2v) is 23.2. The molecule has 0 heterocycles. The van der Waals surface area contributed by atoms with Crippen molar-refractivity contribution in [3.05, 3.63) is 24.3 Å². The monoisotopic (exact) mass is 1040 g/mol. The quantitative estimate of drug-likeness (QED) is 0.0320. The third-order valence-corrected chi connectivity index (χ3v) is 15.7. The fourth-order valence-corrected chi connectivity index (χ4v) is 10.6. The lowest BCUT2D eigenvalue weighted by Gasteiger charge is -2.20. The van der Waals surface area contributed by atoms with Crippen LogP contribution in [0, 0.1) is 0 Å². The maximum atomic E-state index is 12.5. The smallest absolute Gasteiger partial charge is 0.305 e. The van der Waals surface area contributed by atoms with E-state index < -0.39 is 12.1 Å². The summed E-state index contributed by atoms with van der Waals surface area (Å²) in [4.78, 5) is 24.6. The van der Waals surface area contributed by atoms with Crippen molar-refractivity contribution in [2.45, 2.75) is 386 Å². The summed E-state index contributed by atoms with van der Waals surface area (Å²) in [5.74, 6) is -0.0639. The molecule has 0 aromatic heterocycles. The predicted octanol–water partition coefficient (Wildman–Crippen LogP) is 21.4. The number of hydrogen-bond acceptors (Lipinski definition) is 5. The van der Waals surface area contributed by atoms with Gasteiger partial charge in [-0.1, -0.05) is 327 Å². The van der Waals surface area contributed by atoms with Gasteiger partial charge in [-0.15, -0.1) is 0 Å². The molecule has 0 fully saturated rings. The van der Waals surface area contributed by atoms with Crippen molar-refractivity contribution in [2.75, 3.05) is 13.2 Å². The second kappa shape index (κ2) is 63.9. The van der Waals surface area contributed by atoms with E-state index >= 15 is 0 Å². The Balaban J connectivity index is 3.42. The van der Waals surface area contributed by atoms with E-state index in [9.17, 15) is 19.8 Å². The van der Waals surface area contributed by atoms with Crippen LogP contribution in [-0.2, 0) is 14.3 Å². The van der Waals surface area contributed by atoms with Crippen LogP contribution in [-0.4, -0.2) is 47.4 Å². The van der Waals surface area contributed by atoms with Crippen LogP contribution in [0.15, 0.2) is 24.3 Å². The molecule has 3 N–H and O–H groups in total. The van der Waals surface area contributed by atoms with E-state index in [2.05, 4.69) is 31.3 Å². The number of rotatable bonds is 63. The van der Waals surface area contributed by atoms with Crippen molar-refractivity contribution >= 4 is 11.9 Å². The Morgan fingerprint density at radius 2 is 0.635 bits per heavy atom. The number of aliphatic hydroxyl groups excluding tert-OH is 2. The molecule has 0 spiro atoms. The fourth-order valence-electron chi connectivity index (χ4n) is 10.6. The summed E-state index contributed by atoms with van der Waals surface area (Å²) < 4.78 is 5.50. The number of amides is 1. The molecule has 438 valence electrons. The van der Waals surface area contributed by atoms with Crippen LogP contribution in [0.25, 0.3) is 0 Å². The van der Waals surface area contributed by atoms with E-state index in [1.165, 1.54) is 302 Å². The van der Waals surface area contributed by atoms with Crippen molar-refractivity contribution in [3.63, 3.8) is 0 Å². The molecule has 0 rings (SSSR count). The normalized spacial score (nSPS) is 12.6. The van der Waals surface area contributed by atoms with Crippen molar-refractivity contribution in [1.82, 2.24) is 5.32 Å². The molecule has 1 amide bonds. The second-order valence-electron chi connectivity index (χ2n) is 23.2. The van der Waals surface area contributed by atoms with Crippen molar-refractivity contribution in [1.29, 1.82) is 0 Å². The van der Waals surface area contributed by atoms with Gasteiger partial charge in [-0.25, -0.2) is 0 Å². The standard InChI is InChI=1S/C68H131NO5/c1-3-5-7-9-11-13-15-17-19-21-23-24-25-28-32-36-40-44-48-52-56-60-66(71)65(64-70)69-67(72)61-57-53-49-45-41-37-33-29-26-27-31-35-39-43-47-51-55-59-63-74-68(73)62-58-54-50-46-42-38-34-30-22-20-18-16-14-12-10-8-6-4-2/h20,22,56,60,65-66,70-71H,3-19,21,23-55,57-59,61-64H2,1-2H3,(H,69,72)/b22-20-,60-56+. The molecule has 0 aliphatic heterocycles. The van der Waals surface area contributed by atoms with Gasteiger partial charge in [0.2, 0.25) is 5.91 Å². The minimum Gasteiger partial charge on any atom is -0.466 e. The molecule has 6 nitrogen and oxygen atoms in total. The van der Waals surface area contributed by atoms with Crippen LogP contribution >= 0.6 is 0 Å². The highest BCUT2D eigenvalue weighted by Gasteiger charge is 2.18. The largest absolute Gasteiger partial charge is 0.466 e. The minimum absolute atomic E-state index is 0.00448. The summed E-state index contributed by atoms with van der Waals surface area (Å²) in [7, 11) is 0. The zero-order valence-corrected chi connectivity index (χ0v) is 50.1. The Labute approximate surface area is 462 Å². The molecule has 74 heavy (non-hydrogen) atoms. The highest BCUT2D eigenvalue weighted by Crippen LogP contribution is 2.18. The van der Waals surface area contributed by atoms with Crippen LogP contribution in [0.2, 0.25) is 0 Å². The van der Waals surface area contributed by atoms with Gasteiger partial charge in [-0.3, -0.25) is 9.59 Å². The average Bonchev–Trinajstić information content (AvgIpc) is 3.40. The van der Waals surface area contributed by atoms with Gasteiger partial charge in [0.15, 0.2) is 0 Å². The van der Waals surface area contributed by atoms with E-state index in [0.717, 1.165) is 44.9 Å². The van der Waals surface area contributed by atoms with Crippen LogP contribution in [0.3, 0.4) is 0 Å². The third kappa shape index (κ3) is 59.6.